The standard InChI is InChI=1S/C15H24N2O/c1-12(2)10-11-17(4)14(18)15(3,16)13-8-6-5-7-9-13/h5-9,12H,10-11,16H2,1-4H3. The molecule has 0 saturated carbocycles. The van der Waals surface area contributed by atoms with Crippen molar-refractivity contribution in [1.82, 2.24) is 4.90 Å². The Morgan fingerprint density at radius 2 is 1.89 bits per heavy atom. The molecule has 1 rings (SSSR count). The fourth-order valence-electron chi connectivity index (χ4n) is 1.86. The number of amides is 1. The van der Waals surface area contributed by atoms with Crippen LogP contribution >= 0.6 is 0 Å². The van der Waals surface area contributed by atoms with Gasteiger partial charge in [0.05, 0.1) is 0 Å². The number of carbonyl (C=O) groups is 1. The number of nitrogens with zero attached hydrogens (tertiary/aromatic N) is 1. The van der Waals surface area contributed by atoms with Crippen molar-refractivity contribution >= 4 is 5.91 Å². The van der Waals surface area contributed by atoms with Crippen molar-refractivity contribution in [3.63, 3.8) is 0 Å². The molecule has 0 heterocycles. The SMILES string of the molecule is CC(C)CCN(C)C(=O)C(C)(N)c1ccccc1. The van der Waals surface area contributed by atoms with E-state index in [0.29, 0.717) is 5.92 Å². The molecule has 0 fully saturated rings. The van der Waals surface area contributed by atoms with Crippen molar-refractivity contribution in [3.8, 4) is 0 Å². The van der Waals surface area contributed by atoms with Crippen LogP contribution < -0.4 is 5.73 Å². The third-order valence-corrected chi connectivity index (χ3v) is 3.21. The number of carbonyl (C=O) groups excluding carboxylic acids is 1. The van der Waals surface area contributed by atoms with Gasteiger partial charge in [-0.1, -0.05) is 44.2 Å². The summed E-state index contributed by atoms with van der Waals surface area (Å²) in [6.07, 6.45) is 0.993. The van der Waals surface area contributed by atoms with Crippen LogP contribution in [0.15, 0.2) is 30.3 Å². The van der Waals surface area contributed by atoms with E-state index in [-0.39, 0.29) is 5.91 Å². The molecule has 3 nitrogen and oxygen atoms in total. The summed E-state index contributed by atoms with van der Waals surface area (Å²) in [6, 6.07) is 9.53. The van der Waals surface area contributed by atoms with Crippen molar-refractivity contribution < 1.29 is 4.79 Å². The van der Waals surface area contributed by atoms with Crippen molar-refractivity contribution in [2.75, 3.05) is 13.6 Å². The van der Waals surface area contributed by atoms with E-state index in [0.717, 1.165) is 18.5 Å². The van der Waals surface area contributed by atoms with Crippen LogP contribution in [0.3, 0.4) is 0 Å². The molecule has 18 heavy (non-hydrogen) atoms. The van der Waals surface area contributed by atoms with Crippen LogP contribution in [0.2, 0.25) is 0 Å². The highest BCUT2D eigenvalue weighted by molar-refractivity contribution is 5.86. The first-order chi connectivity index (χ1) is 8.35. The summed E-state index contributed by atoms with van der Waals surface area (Å²) < 4.78 is 0. The van der Waals surface area contributed by atoms with E-state index in [4.69, 9.17) is 5.73 Å². The molecule has 0 bridgehead atoms. The Hall–Kier alpha value is -1.35. The van der Waals surface area contributed by atoms with E-state index in [1.165, 1.54) is 0 Å². The van der Waals surface area contributed by atoms with Gasteiger partial charge in [-0.3, -0.25) is 4.79 Å². The minimum absolute atomic E-state index is 0.0330. The number of benzene rings is 1. The lowest BCUT2D eigenvalue weighted by molar-refractivity contribution is -0.135. The van der Waals surface area contributed by atoms with Crippen LogP contribution in [-0.4, -0.2) is 24.4 Å². The van der Waals surface area contributed by atoms with Gasteiger partial charge in [0.25, 0.3) is 0 Å². The molecule has 0 aliphatic rings. The summed E-state index contributed by atoms with van der Waals surface area (Å²) in [7, 11) is 1.82. The predicted octanol–water partition coefficient (Wildman–Crippen LogP) is 2.37. The third kappa shape index (κ3) is 3.57. The summed E-state index contributed by atoms with van der Waals surface area (Å²) in [5, 5.41) is 0. The average Bonchev–Trinajstić information content (AvgIpc) is 2.36. The summed E-state index contributed by atoms with van der Waals surface area (Å²) in [5.41, 5.74) is 6.10. The van der Waals surface area contributed by atoms with Crippen LogP contribution in [0, 0.1) is 5.92 Å². The Bertz CT molecular complexity index is 385. The molecular weight excluding hydrogens is 224 g/mol. The third-order valence-electron chi connectivity index (χ3n) is 3.21. The topological polar surface area (TPSA) is 46.3 Å². The molecule has 0 saturated heterocycles. The van der Waals surface area contributed by atoms with Gasteiger partial charge in [-0.2, -0.15) is 0 Å². The Balaban J connectivity index is 2.76. The van der Waals surface area contributed by atoms with Crippen LogP contribution in [0.5, 0.6) is 0 Å². The smallest absolute Gasteiger partial charge is 0.246 e. The predicted molar refractivity (Wildman–Crippen MR) is 75.1 cm³/mol. The molecule has 0 aromatic heterocycles. The normalized spacial score (nSPS) is 14.3. The number of likely N-dealkylation sites (N-methyl/N-ethyl adjacent to an activating group) is 1. The van der Waals surface area contributed by atoms with Crippen LogP contribution in [0.4, 0.5) is 0 Å². The lowest BCUT2D eigenvalue weighted by Crippen LogP contribution is -2.49. The molecule has 1 aromatic carbocycles. The van der Waals surface area contributed by atoms with Gasteiger partial charge in [-0.15, -0.1) is 0 Å². The first-order valence-corrected chi connectivity index (χ1v) is 6.45. The zero-order chi connectivity index (χ0) is 13.8. The Morgan fingerprint density at radius 3 is 2.39 bits per heavy atom. The fourth-order valence-corrected chi connectivity index (χ4v) is 1.86. The minimum atomic E-state index is -0.951. The summed E-state index contributed by atoms with van der Waals surface area (Å²) in [4.78, 5) is 14.1. The van der Waals surface area contributed by atoms with Gasteiger partial charge in [0.1, 0.15) is 5.54 Å². The summed E-state index contributed by atoms with van der Waals surface area (Å²) >= 11 is 0. The molecule has 2 N–H and O–H groups in total. The van der Waals surface area contributed by atoms with E-state index in [9.17, 15) is 4.79 Å². The van der Waals surface area contributed by atoms with Crippen LogP contribution in [0.25, 0.3) is 0 Å². The molecule has 3 heteroatoms. The molecule has 100 valence electrons. The maximum atomic E-state index is 12.4. The summed E-state index contributed by atoms with van der Waals surface area (Å²) in [6.45, 7) is 6.82. The lowest BCUT2D eigenvalue weighted by atomic mass is 9.91. The van der Waals surface area contributed by atoms with Crippen molar-refractivity contribution in [2.45, 2.75) is 32.7 Å². The van der Waals surface area contributed by atoms with Gasteiger partial charge in [0.2, 0.25) is 5.91 Å². The number of hydrogen-bond acceptors (Lipinski definition) is 2. The van der Waals surface area contributed by atoms with Gasteiger partial charge in [-0.05, 0) is 24.8 Å². The van der Waals surface area contributed by atoms with Gasteiger partial charge in [-0.25, -0.2) is 0 Å². The van der Waals surface area contributed by atoms with Crippen molar-refractivity contribution in [2.24, 2.45) is 11.7 Å². The van der Waals surface area contributed by atoms with E-state index < -0.39 is 5.54 Å². The number of nitrogens with two attached hydrogens (primary N) is 1. The first kappa shape index (κ1) is 14.7. The number of rotatable bonds is 5. The van der Waals surface area contributed by atoms with E-state index >= 15 is 0 Å². The van der Waals surface area contributed by atoms with Crippen molar-refractivity contribution in [3.05, 3.63) is 35.9 Å². The van der Waals surface area contributed by atoms with E-state index in [1.54, 1.807) is 11.8 Å². The second-order valence-corrected chi connectivity index (χ2v) is 5.48. The van der Waals surface area contributed by atoms with E-state index in [2.05, 4.69) is 13.8 Å². The monoisotopic (exact) mass is 248 g/mol. The molecule has 1 amide bonds. The van der Waals surface area contributed by atoms with Gasteiger partial charge in [0.15, 0.2) is 0 Å². The highest BCUT2D eigenvalue weighted by Gasteiger charge is 2.32. The van der Waals surface area contributed by atoms with Gasteiger partial charge in [0, 0.05) is 13.6 Å². The molecular formula is C15H24N2O. The minimum Gasteiger partial charge on any atom is -0.344 e. The zero-order valence-electron chi connectivity index (χ0n) is 11.8. The second-order valence-electron chi connectivity index (χ2n) is 5.48. The fraction of sp³-hybridized carbons (Fsp3) is 0.533. The quantitative estimate of drug-likeness (QED) is 0.869. The van der Waals surface area contributed by atoms with E-state index in [1.807, 2.05) is 37.4 Å². The van der Waals surface area contributed by atoms with Crippen LogP contribution in [-0.2, 0) is 10.3 Å². The molecule has 0 aliphatic carbocycles. The van der Waals surface area contributed by atoms with Gasteiger partial charge < -0.3 is 10.6 Å². The molecule has 0 aliphatic heterocycles. The summed E-state index contributed by atoms with van der Waals surface area (Å²) in [5.74, 6) is 0.551. The zero-order valence-corrected chi connectivity index (χ0v) is 11.8. The molecule has 0 spiro atoms. The number of hydrogen-bond donors (Lipinski definition) is 1. The maximum Gasteiger partial charge on any atom is 0.246 e. The Morgan fingerprint density at radius 1 is 1.33 bits per heavy atom. The lowest BCUT2D eigenvalue weighted by Gasteiger charge is -2.30. The molecule has 1 aromatic rings. The highest BCUT2D eigenvalue weighted by atomic mass is 16.2. The van der Waals surface area contributed by atoms with Crippen molar-refractivity contribution in [1.29, 1.82) is 0 Å². The molecule has 1 unspecified atom stereocenters. The first-order valence-electron chi connectivity index (χ1n) is 6.45. The average molecular weight is 248 g/mol. The van der Waals surface area contributed by atoms with Crippen LogP contribution in [0.1, 0.15) is 32.8 Å². The largest absolute Gasteiger partial charge is 0.344 e. The molecule has 1 atom stereocenters. The highest BCUT2D eigenvalue weighted by Crippen LogP contribution is 2.20. The second kappa shape index (κ2) is 6.01. The maximum absolute atomic E-state index is 12.4. The Kier molecular flexibility index (Phi) is 4.91. The van der Waals surface area contributed by atoms with Gasteiger partial charge >= 0.3 is 0 Å². The molecule has 0 radical (unpaired) electrons. The Labute approximate surface area is 110 Å².